The highest BCUT2D eigenvalue weighted by molar-refractivity contribution is 6.59. The Morgan fingerprint density at radius 1 is 0.735 bits per heavy atom. The fourth-order valence-electron chi connectivity index (χ4n) is 5.46. The maximum atomic E-state index is 14.7. The number of hydrogen-bond acceptors (Lipinski definition) is 0. The Morgan fingerprint density at radius 2 is 1.44 bits per heavy atom. The molecule has 0 aromatic heterocycles. The van der Waals surface area contributed by atoms with Crippen LogP contribution in [0.15, 0.2) is 60.7 Å². The first-order valence-corrected chi connectivity index (χ1v) is 15.3. The van der Waals surface area contributed by atoms with E-state index in [0.29, 0.717) is 17.9 Å². The van der Waals surface area contributed by atoms with E-state index < -0.39 is 20.4 Å². The van der Waals surface area contributed by atoms with E-state index in [9.17, 15) is 13.2 Å². The first-order chi connectivity index (χ1) is 16.5. The Bertz CT molecular complexity index is 1090. The van der Waals surface area contributed by atoms with E-state index >= 15 is 0 Å². The Hall–Kier alpha value is -2.33. The van der Waals surface area contributed by atoms with Crippen LogP contribution in [0.2, 0.25) is 18.1 Å². The van der Waals surface area contributed by atoms with E-state index in [1.807, 2.05) is 12.1 Å². The first kappa shape index (κ1) is 24.8. The monoisotopic (exact) mass is 480 g/mol. The summed E-state index contributed by atoms with van der Waals surface area (Å²) in [4.78, 5) is 0. The summed E-state index contributed by atoms with van der Waals surface area (Å²) < 4.78 is 41.6. The Labute approximate surface area is 203 Å². The zero-order valence-electron chi connectivity index (χ0n) is 20.1. The van der Waals surface area contributed by atoms with Crippen molar-refractivity contribution in [3.05, 3.63) is 94.8 Å². The normalized spacial score (nSPS) is 18.2. The second-order valence-corrected chi connectivity index (χ2v) is 13.3. The average Bonchev–Trinajstić information content (AvgIpc) is 2.86. The molecule has 0 atom stereocenters. The zero-order chi connectivity index (χ0) is 23.9. The predicted molar refractivity (Wildman–Crippen MR) is 139 cm³/mol. The molecule has 0 saturated carbocycles. The molecular weight excluding hydrogens is 445 g/mol. The third kappa shape index (κ3) is 6.21. The van der Waals surface area contributed by atoms with E-state index in [1.54, 1.807) is 12.1 Å². The van der Waals surface area contributed by atoms with Crippen molar-refractivity contribution in [2.75, 3.05) is 0 Å². The van der Waals surface area contributed by atoms with Gasteiger partial charge >= 0.3 is 0 Å². The molecule has 1 heterocycles. The number of benzene rings is 3. The van der Waals surface area contributed by atoms with Gasteiger partial charge in [-0.3, -0.25) is 0 Å². The molecule has 34 heavy (non-hydrogen) atoms. The van der Waals surface area contributed by atoms with Gasteiger partial charge in [0.2, 0.25) is 0 Å². The Balaban J connectivity index is 1.54. The maximum Gasteiger partial charge on any atom is 0.159 e. The standard InChI is InChI=1S/C30H35F3Si/c1-2-3-6-17-34-18-15-24(16-19-34)27-20-22(9-10-23-12-14-29(32)30(33)21-23)11-13-25(27)26-7-4-5-8-28(26)31/h4-5,7-8,11-14,20-21,24,34H,2-3,6,9-10,15-19H2,1H3. The van der Waals surface area contributed by atoms with Gasteiger partial charge in [-0.2, -0.15) is 0 Å². The van der Waals surface area contributed by atoms with Crippen LogP contribution in [0.4, 0.5) is 13.2 Å². The predicted octanol–water partition coefficient (Wildman–Crippen LogP) is 8.85. The Kier molecular flexibility index (Phi) is 8.66. The quantitative estimate of drug-likeness (QED) is 0.212. The summed E-state index contributed by atoms with van der Waals surface area (Å²) >= 11 is 0. The molecule has 0 radical (unpaired) electrons. The molecule has 0 aliphatic carbocycles. The van der Waals surface area contributed by atoms with Crippen LogP contribution in [0.1, 0.15) is 61.6 Å². The van der Waals surface area contributed by atoms with Gasteiger partial charge < -0.3 is 0 Å². The summed E-state index contributed by atoms with van der Waals surface area (Å²) in [6.45, 7) is 2.27. The van der Waals surface area contributed by atoms with Gasteiger partial charge in [-0.15, -0.1) is 0 Å². The molecule has 0 bridgehead atoms. The van der Waals surface area contributed by atoms with Crippen molar-refractivity contribution < 1.29 is 13.2 Å². The third-order valence-corrected chi connectivity index (χ3v) is 11.0. The van der Waals surface area contributed by atoms with Crippen molar-refractivity contribution in [2.24, 2.45) is 0 Å². The van der Waals surface area contributed by atoms with Crippen LogP contribution in [0, 0.1) is 17.5 Å². The molecule has 1 fully saturated rings. The highest BCUT2D eigenvalue weighted by Gasteiger charge is 2.25. The smallest absolute Gasteiger partial charge is 0.159 e. The number of halogens is 3. The molecule has 0 nitrogen and oxygen atoms in total. The van der Waals surface area contributed by atoms with E-state index in [4.69, 9.17) is 0 Å². The van der Waals surface area contributed by atoms with Crippen molar-refractivity contribution >= 4 is 8.80 Å². The molecule has 0 N–H and O–H groups in total. The number of aryl methyl sites for hydroxylation is 2. The second-order valence-electron chi connectivity index (χ2n) is 9.86. The molecule has 1 aliphatic rings. The van der Waals surface area contributed by atoms with Crippen molar-refractivity contribution in [1.82, 2.24) is 0 Å². The summed E-state index contributed by atoms with van der Waals surface area (Å²) in [5.74, 6) is -1.32. The van der Waals surface area contributed by atoms with Crippen LogP contribution in [0.3, 0.4) is 0 Å². The average molecular weight is 481 g/mol. The lowest BCUT2D eigenvalue weighted by Crippen LogP contribution is -2.20. The summed E-state index contributed by atoms with van der Waals surface area (Å²) in [5.41, 5.74) is 4.89. The molecule has 4 rings (SSSR count). The maximum absolute atomic E-state index is 14.7. The van der Waals surface area contributed by atoms with Gasteiger partial charge in [0.05, 0.1) is 0 Å². The van der Waals surface area contributed by atoms with Crippen LogP contribution < -0.4 is 0 Å². The largest absolute Gasteiger partial charge is 0.206 e. The molecule has 1 aliphatic heterocycles. The molecule has 3 aromatic rings. The van der Waals surface area contributed by atoms with Crippen LogP contribution in [0.5, 0.6) is 0 Å². The zero-order valence-corrected chi connectivity index (χ0v) is 21.3. The van der Waals surface area contributed by atoms with E-state index in [0.717, 1.165) is 17.5 Å². The minimum Gasteiger partial charge on any atom is -0.206 e. The lowest BCUT2D eigenvalue weighted by molar-refractivity contribution is 0.507. The molecule has 3 aromatic carbocycles. The highest BCUT2D eigenvalue weighted by atomic mass is 28.3. The SMILES string of the molecule is CCCCC[SiH]1CCC(c2cc(CCc3ccc(F)c(F)c3)ccc2-c2ccccc2F)CC1. The summed E-state index contributed by atoms with van der Waals surface area (Å²) in [6.07, 6.45) is 7.83. The molecule has 0 unspecified atom stereocenters. The fourth-order valence-corrected chi connectivity index (χ4v) is 8.94. The van der Waals surface area contributed by atoms with Gasteiger partial charge in [0, 0.05) is 14.4 Å². The number of hydrogen-bond donors (Lipinski definition) is 0. The van der Waals surface area contributed by atoms with Crippen molar-refractivity contribution in [3.63, 3.8) is 0 Å². The van der Waals surface area contributed by atoms with E-state index in [1.165, 1.54) is 79.6 Å². The van der Waals surface area contributed by atoms with Crippen LogP contribution in [-0.4, -0.2) is 8.80 Å². The lowest BCUT2D eigenvalue weighted by atomic mass is 9.85. The van der Waals surface area contributed by atoms with Gasteiger partial charge in [0.15, 0.2) is 11.6 Å². The van der Waals surface area contributed by atoms with Gasteiger partial charge in [0.1, 0.15) is 5.82 Å². The molecule has 1 saturated heterocycles. The summed E-state index contributed by atoms with van der Waals surface area (Å²) in [6, 6.07) is 21.8. The van der Waals surface area contributed by atoms with Crippen LogP contribution >= 0.6 is 0 Å². The van der Waals surface area contributed by atoms with Gasteiger partial charge in [-0.05, 0) is 72.1 Å². The summed E-state index contributed by atoms with van der Waals surface area (Å²) in [7, 11) is -0.635. The first-order valence-electron chi connectivity index (χ1n) is 12.9. The number of unbranched alkanes of at least 4 members (excludes halogenated alkanes) is 2. The molecule has 4 heteroatoms. The molecule has 0 amide bonds. The van der Waals surface area contributed by atoms with Gasteiger partial charge in [-0.25, -0.2) is 13.2 Å². The minimum atomic E-state index is -0.811. The van der Waals surface area contributed by atoms with E-state index in [2.05, 4.69) is 25.1 Å². The van der Waals surface area contributed by atoms with Gasteiger partial charge in [-0.1, -0.05) is 86.8 Å². The van der Waals surface area contributed by atoms with E-state index in [-0.39, 0.29) is 5.82 Å². The highest BCUT2D eigenvalue weighted by Crippen LogP contribution is 2.40. The van der Waals surface area contributed by atoms with Crippen molar-refractivity contribution in [1.29, 1.82) is 0 Å². The van der Waals surface area contributed by atoms with Crippen LogP contribution in [0.25, 0.3) is 11.1 Å². The number of rotatable bonds is 9. The lowest BCUT2D eigenvalue weighted by Gasteiger charge is -2.30. The summed E-state index contributed by atoms with van der Waals surface area (Å²) in [5, 5.41) is 0. The molecular formula is C30H35F3Si. The van der Waals surface area contributed by atoms with Crippen molar-refractivity contribution in [3.8, 4) is 11.1 Å². The molecule has 0 spiro atoms. The second kappa shape index (κ2) is 11.9. The molecule has 180 valence electrons. The minimum absolute atomic E-state index is 0.180. The van der Waals surface area contributed by atoms with Crippen molar-refractivity contribution in [2.45, 2.75) is 75.9 Å². The Morgan fingerprint density at radius 3 is 2.15 bits per heavy atom. The third-order valence-electron chi connectivity index (χ3n) is 7.47. The van der Waals surface area contributed by atoms with Crippen LogP contribution in [-0.2, 0) is 12.8 Å². The topological polar surface area (TPSA) is 0 Å². The fraction of sp³-hybridized carbons (Fsp3) is 0.400. The van der Waals surface area contributed by atoms with Gasteiger partial charge in [0.25, 0.3) is 0 Å².